The lowest BCUT2D eigenvalue weighted by atomic mass is 9.91. The van der Waals surface area contributed by atoms with E-state index in [0.717, 1.165) is 44.8 Å². The molecule has 0 saturated carbocycles. The number of H-pyrrole nitrogens is 1. The lowest BCUT2D eigenvalue weighted by Crippen LogP contribution is -2.33. The number of unbranched alkanes of at least 4 members (excludes halogenated alkanes) is 1. The van der Waals surface area contributed by atoms with Gasteiger partial charge in [-0.15, -0.1) is 5.10 Å². The fourth-order valence-corrected chi connectivity index (χ4v) is 2.93. The van der Waals surface area contributed by atoms with E-state index >= 15 is 0 Å². The molecular weight excluding hydrogens is 266 g/mol. The van der Waals surface area contributed by atoms with Gasteiger partial charge in [-0.1, -0.05) is 13.3 Å². The van der Waals surface area contributed by atoms with Crippen molar-refractivity contribution in [3.8, 4) is 0 Å². The van der Waals surface area contributed by atoms with Crippen molar-refractivity contribution < 1.29 is 0 Å². The van der Waals surface area contributed by atoms with Crippen LogP contribution in [0.15, 0.2) is 12.4 Å². The zero-order valence-corrected chi connectivity index (χ0v) is 12.6. The van der Waals surface area contributed by atoms with Crippen LogP contribution in [-0.2, 0) is 13.1 Å². The molecule has 3 heterocycles. The third kappa shape index (κ3) is 3.47. The van der Waals surface area contributed by atoms with Crippen LogP contribution >= 0.6 is 0 Å². The van der Waals surface area contributed by atoms with Crippen LogP contribution in [0, 0.1) is 0 Å². The summed E-state index contributed by atoms with van der Waals surface area (Å²) in [5.74, 6) is 1.63. The van der Waals surface area contributed by atoms with E-state index in [4.69, 9.17) is 0 Å². The highest BCUT2D eigenvalue weighted by atomic mass is 15.5. The van der Waals surface area contributed by atoms with Crippen molar-refractivity contribution in [2.75, 3.05) is 13.1 Å². The molecule has 0 spiro atoms. The molecule has 2 aromatic heterocycles. The Morgan fingerprint density at radius 2 is 2.19 bits per heavy atom. The highest BCUT2D eigenvalue weighted by molar-refractivity contribution is 5.11. The topological polar surface area (TPSA) is 75.5 Å². The Balaban J connectivity index is 1.52. The summed E-state index contributed by atoms with van der Waals surface area (Å²) >= 11 is 0. The average Bonchev–Trinajstić information content (AvgIpc) is 3.18. The van der Waals surface area contributed by atoms with Gasteiger partial charge < -0.3 is 0 Å². The van der Waals surface area contributed by atoms with Gasteiger partial charge in [-0.3, -0.25) is 10.00 Å². The molecule has 0 atom stereocenters. The van der Waals surface area contributed by atoms with Crippen LogP contribution in [-0.4, -0.2) is 48.4 Å². The van der Waals surface area contributed by atoms with Gasteiger partial charge in [0.15, 0.2) is 5.82 Å². The number of tetrazole rings is 1. The molecule has 1 N–H and O–H groups in total. The molecule has 21 heavy (non-hydrogen) atoms. The Labute approximate surface area is 124 Å². The van der Waals surface area contributed by atoms with E-state index in [9.17, 15) is 0 Å². The zero-order chi connectivity index (χ0) is 14.5. The lowest BCUT2D eigenvalue weighted by molar-refractivity contribution is 0.196. The maximum absolute atomic E-state index is 4.18. The molecular formula is C14H23N7. The molecule has 0 unspecified atom stereocenters. The summed E-state index contributed by atoms with van der Waals surface area (Å²) < 4.78 is 1.95. The van der Waals surface area contributed by atoms with Gasteiger partial charge in [-0.25, -0.2) is 4.68 Å². The second-order valence-corrected chi connectivity index (χ2v) is 5.75. The fourth-order valence-electron chi connectivity index (χ4n) is 2.93. The molecule has 114 valence electrons. The van der Waals surface area contributed by atoms with Crippen LogP contribution in [0.5, 0.6) is 0 Å². The summed E-state index contributed by atoms with van der Waals surface area (Å²) in [5.41, 5.74) is 1.34. The minimum Gasteiger partial charge on any atom is -0.296 e. The van der Waals surface area contributed by atoms with Crippen molar-refractivity contribution in [3.05, 3.63) is 23.8 Å². The van der Waals surface area contributed by atoms with Crippen LogP contribution in [0.1, 0.15) is 49.9 Å². The Morgan fingerprint density at radius 3 is 2.90 bits per heavy atom. The molecule has 7 nitrogen and oxygen atoms in total. The number of aromatic nitrogens is 6. The molecule has 1 fully saturated rings. The van der Waals surface area contributed by atoms with E-state index in [2.05, 4.69) is 37.5 Å². The number of nitrogens with zero attached hydrogens (tertiary/aromatic N) is 6. The number of aryl methyl sites for hydroxylation is 1. The van der Waals surface area contributed by atoms with E-state index in [1.165, 1.54) is 18.4 Å². The molecule has 0 bridgehead atoms. The van der Waals surface area contributed by atoms with Gasteiger partial charge in [-0.2, -0.15) is 5.10 Å². The molecule has 1 saturated heterocycles. The molecule has 1 aliphatic rings. The normalized spacial score (nSPS) is 17.4. The first kappa shape index (κ1) is 14.2. The summed E-state index contributed by atoms with van der Waals surface area (Å²) in [4.78, 5) is 2.45. The summed E-state index contributed by atoms with van der Waals surface area (Å²) in [6.45, 7) is 6.15. The minimum atomic E-state index is 0.635. The van der Waals surface area contributed by atoms with E-state index in [-0.39, 0.29) is 0 Å². The van der Waals surface area contributed by atoms with Crippen LogP contribution in [0.4, 0.5) is 0 Å². The minimum absolute atomic E-state index is 0.635. The average molecular weight is 289 g/mol. The Morgan fingerprint density at radius 1 is 1.33 bits per heavy atom. The van der Waals surface area contributed by atoms with Gasteiger partial charge in [0, 0.05) is 12.7 Å². The van der Waals surface area contributed by atoms with Crippen molar-refractivity contribution in [3.63, 3.8) is 0 Å². The largest absolute Gasteiger partial charge is 0.296 e. The Hall–Kier alpha value is -1.76. The first-order valence-corrected chi connectivity index (χ1v) is 7.83. The zero-order valence-electron chi connectivity index (χ0n) is 12.6. The van der Waals surface area contributed by atoms with E-state index in [0.29, 0.717) is 5.92 Å². The summed E-state index contributed by atoms with van der Waals surface area (Å²) in [6.07, 6.45) is 8.61. The smallest absolute Gasteiger partial charge is 0.165 e. The number of hydrogen-bond acceptors (Lipinski definition) is 5. The quantitative estimate of drug-likeness (QED) is 0.873. The molecule has 1 aliphatic heterocycles. The van der Waals surface area contributed by atoms with E-state index < -0.39 is 0 Å². The van der Waals surface area contributed by atoms with Crippen molar-refractivity contribution in [1.29, 1.82) is 0 Å². The Kier molecular flexibility index (Phi) is 4.59. The monoisotopic (exact) mass is 289 g/mol. The summed E-state index contributed by atoms with van der Waals surface area (Å²) in [7, 11) is 0. The second-order valence-electron chi connectivity index (χ2n) is 5.75. The van der Waals surface area contributed by atoms with Crippen LogP contribution in [0.3, 0.4) is 0 Å². The van der Waals surface area contributed by atoms with Gasteiger partial charge in [-0.05, 0) is 54.3 Å². The number of likely N-dealkylation sites (tertiary alicyclic amines) is 1. The standard InChI is InChI=1S/C14H23N7/c1-2-3-6-21-14(17-18-19-21)11-20-7-4-12(5-8-20)13-9-15-16-10-13/h9-10,12H,2-8,11H2,1H3,(H,15,16). The summed E-state index contributed by atoms with van der Waals surface area (Å²) in [6, 6.07) is 0. The molecule has 0 radical (unpaired) electrons. The van der Waals surface area contributed by atoms with Gasteiger partial charge in [0.25, 0.3) is 0 Å². The number of rotatable bonds is 6. The van der Waals surface area contributed by atoms with E-state index in [1.54, 1.807) is 0 Å². The first-order chi connectivity index (χ1) is 10.4. The maximum Gasteiger partial charge on any atom is 0.165 e. The third-order valence-corrected chi connectivity index (χ3v) is 4.27. The predicted octanol–water partition coefficient (Wildman–Crippen LogP) is 1.58. The lowest BCUT2D eigenvalue weighted by Gasteiger charge is -2.30. The molecule has 0 aromatic carbocycles. The molecule has 2 aromatic rings. The van der Waals surface area contributed by atoms with Gasteiger partial charge in [0.2, 0.25) is 0 Å². The van der Waals surface area contributed by atoms with Gasteiger partial charge in [0.05, 0.1) is 12.7 Å². The van der Waals surface area contributed by atoms with Gasteiger partial charge >= 0.3 is 0 Å². The highest BCUT2D eigenvalue weighted by Crippen LogP contribution is 2.27. The predicted molar refractivity (Wildman–Crippen MR) is 78.6 cm³/mol. The SMILES string of the molecule is CCCCn1nnnc1CN1CCC(c2cn[nH]c2)CC1. The third-order valence-electron chi connectivity index (χ3n) is 4.27. The Bertz CT molecular complexity index is 525. The molecule has 0 aliphatic carbocycles. The first-order valence-electron chi connectivity index (χ1n) is 7.83. The number of aromatic amines is 1. The summed E-state index contributed by atoms with van der Waals surface area (Å²) in [5, 5.41) is 19.0. The number of piperidine rings is 1. The molecule has 0 amide bonds. The van der Waals surface area contributed by atoms with Gasteiger partial charge in [0.1, 0.15) is 0 Å². The van der Waals surface area contributed by atoms with Crippen LogP contribution in [0.25, 0.3) is 0 Å². The van der Waals surface area contributed by atoms with Crippen LogP contribution in [0.2, 0.25) is 0 Å². The number of nitrogens with one attached hydrogen (secondary N) is 1. The van der Waals surface area contributed by atoms with Crippen molar-refractivity contribution >= 4 is 0 Å². The molecule has 7 heteroatoms. The molecule has 3 rings (SSSR count). The van der Waals surface area contributed by atoms with Crippen molar-refractivity contribution in [1.82, 2.24) is 35.3 Å². The fraction of sp³-hybridized carbons (Fsp3) is 0.714. The number of hydrogen-bond donors (Lipinski definition) is 1. The maximum atomic E-state index is 4.18. The van der Waals surface area contributed by atoms with Crippen molar-refractivity contribution in [2.24, 2.45) is 0 Å². The highest BCUT2D eigenvalue weighted by Gasteiger charge is 2.22. The van der Waals surface area contributed by atoms with E-state index in [1.807, 2.05) is 17.1 Å². The van der Waals surface area contributed by atoms with Crippen molar-refractivity contribution in [2.45, 2.75) is 51.6 Å². The second kappa shape index (κ2) is 6.80. The van der Waals surface area contributed by atoms with Crippen LogP contribution < -0.4 is 0 Å².